The molecule has 7 nitrogen and oxygen atoms in total. The molecule has 1 aliphatic rings. The van der Waals surface area contributed by atoms with Crippen LogP contribution in [0.4, 0.5) is 11.5 Å². The molecule has 2 aromatic rings. The maximum Gasteiger partial charge on any atom is 0.220 e. The quantitative estimate of drug-likeness (QED) is 0.866. The van der Waals surface area contributed by atoms with Crippen LogP contribution in [0.15, 0.2) is 30.3 Å². The molecule has 132 valence electrons. The highest BCUT2D eigenvalue weighted by atomic mass is 16.3. The van der Waals surface area contributed by atoms with Crippen LogP contribution in [-0.2, 0) is 4.79 Å². The number of carbonyl (C=O) groups excluding carboxylic acids is 1. The summed E-state index contributed by atoms with van der Waals surface area (Å²) in [7, 11) is 0. The number of phenols is 1. The number of hydrogen-bond acceptors (Lipinski definition) is 6. The van der Waals surface area contributed by atoms with Crippen LogP contribution in [0.5, 0.6) is 5.75 Å². The van der Waals surface area contributed by atoms with Gasteiger partial charge in [0.05, 0.1) is 11.4 Å². The first-order valence-electron chi connectivity index (χ1n) is 8.34. The highest BCUT2D eigenvalue weighted by Gasteiger charge is 2.32. The number of hydrogen-bond donors (Lipinski definition) is 2. The zero-order valence-electron chi connectivity index (χ0n) is 14.7. The number of phenolic OH excluding ortho intramolecular Hbond substituents is 1. The van der Waals surface area contributed by atoms with Gasteiger partial charge >= 0.3 is 0 Å². The number of carbonyl (C=O) groups is 1. The number of aromatic hydroxyl groups is 1. The third-order valence-electron chi connectivity index (χ3n) is 4.60. The van der Waals surface area contributed by atoms with Crippen molar-refractivity contribution in [2.24, 2.45) is 0 Å². The molecule has 3 N–H and O–H groups in total. The van der Waals surface area contributed by atoms with Crippen molar-refractivity contribution < 1.29 is 9.90 Å². The van der Waals surface area contributed by atoms with Crippen LogP contribution in [-0.4, -0.2) is 51.3 Å². The van der Waals surface area contributed by atoms with Crippen LogP contribution >= 0.6 is 0 Å². The number of rotatable bonds is 2. The fraction of sp³-hybridized carbons (Fsp3) is 0.389. The Bertz CT molecular complexity index is 783. The Morgan fingerprint density at radius 1 is 1.20 bits per heavy atom. The van der Waals surface area contributed by atoms with Gasteiger partial charge in [-0.1, -0.05) is 12.1 Å². The summed E-state index contributed by atoms with van der Waals surface area (Å²) in [5.74, 6) is 0.570. The van der Waals surface area contributed by atoms with Gasteiger partial charge in [-0.3, -0.25) is 4.79 Å². The third kappa shape index (κ3) is 3.22. The minimum Gasteiger partial charge on any atom is -0.507 e. The first kappa shape index (κ1) is 17.0. The number of benzene rings is 1. The van der Waals surface area contributed by atoms with Crippen molar-refractivity contribution in [2.75, 3.05) is 23.7 Å². The van der Waals surface area contributed by atoms with Gasteiger partial charge in [0.1, 0.15) is 5.75 Å². The Morgan fingerprint density at radius 3 is 2.44 bits per heavy atom. The highest BCUT2D eigenvalue weighted by Crippen LogP contribution is 2.32. The molecular formula is C18H23N5O2. The van der Waals surface area contributed by atoms with E-state index in [1.54, 1.807) is 25.1 Å². The first-order valence-corrected chi connectivity index (χ1v) is 8.34. The molecule has 0 saturated carbocycles. The number of anilines is 2. The van der Waals surface area contributed by atoms with Crippen molar-refractivity contribution in [3.8, 4) is 17.0 Å². The SMILES string of the molecule is CC(=O)N1[C@H](C)CN(c2cc(-c3ccccc3O)nnc2N)C[C@H]1C. The van der Waals surface area contributed by atoms with E-state index in [-0.39, 0.29) is 23.7 Å². The van der Waals surface area contributed by atoms with E-state index in [1.165, 1.54) is 0 Å². The number of piperazine rings is 1. The smallest absolute Gasteiger partial charge is 0.220 e. The summed E-state index contributed by atoms with van der Waals surface area (Å²) in [5.41, 5.74) is 8.01. The number of para-hydroxylation sites is 1. The summed E-state index contributed by atoms with van der Waals surface area (Å²) >= 11 is 0. The zero-order chi connectivity index (χ0) is 18.1. The lowest BCUT2D eigenvalue weighted by Gasteiger charge is -2.45. The van der Waals surface area contributed by atoms with Crippen molar-refractivity contribution in [3.05, 3.63) is 30.3 Å². The van der Waals surface area contributed by atoms with Gasteiger partial charge in [0, 0.05) is 37.7 Å². The van der Waals surface area contributed by atoms with E-state index in [4.69, 9.17) is 5.73 Å². The maximum absolute atomic E-state index is 11.8. The molecular weight excluding hydrogens is 318 g/mol. The standard InChI is InChI=1S/C18H23N5O2/c1-11-9-22(10-12(2)23(11)13(3)24)16-8-15(20-21-18(16)19)14-6-4-5-7-17(14)25/h4-8,11-12,25H,9-10H2,1-3H3,(H2,19,21)/t11-,12-/m1/s1. The zero-order valence-corrected chi connectivity index (χ0v) is 14.7. The molecule has 1 amide bonds. The molecule has 1 fully saturated rings. The third-order valence-corrected chi connectivity index (χ3v) is 4.60. The van der Waals surface area contributed by atoms with E-state index >= 15 is 0 Å². The molecule has 1 aromatic heterocycles. The lowest BCUT2D eigenvalue weighted by Crippen LogP contribution is -2.58. The lowest BCUT2D eigenvalue weighted by atomic mass is 10.1. The van der Waals surface area contributed by atoms with Crippen molar-refractivity contribution >= 4 is 17.4 Å². The molecule has 3 rings (SSSR count). The molecule has 0 unspecified atom stereocenters. The van der Waals surface area contributed by atoms with E-state index in [1.807, 2.05) is 30.9 Å². The van der Waals surface area contributed by atoms with Gasteiger partial charge in [-0.25, -0.2) is 0 Å². The molecule has 2 atom stereocenters. The molecule has 0 spiro atoms. The van der Waals surface area contributed by atoms with Crippen LogP contribution in [0.1, 0.15) is 20.8 Å². The summed E-state index contributed by atoms with van der Waals surface area (Å²) in [6.07, 6.45) is 0. The first-order chi connectivity index (χ1) is 11.9. The van der Waals surface area contributed by atoms with Gasteiger partial charge in [-0.05, 0) is 32.0 Å². The summed E-state index contributed by atoms with van der Waals surface area (Å²) in [6.45, 7) is 6.99. The molecule has 1 saturated heterocycles. The number of nitrogens with zero attached hydrogens (tertiary/aromatic N) is 4. The summed E-state index contributed by atoms with van der Waals surface area (Å²) < 4.78 is 0. The van der Waals surface area contributed by atoms with Gasteiger partial charge < -0.3 is 20.6 Å². The number of nitrogens with two attached hydrogens (primary N) is 1. The largest absolute Gasteiger partial charge is 0.507 e. The van der Waals surface area contributed by atoms with Crippen molar-refractivity contribution in [1.82, 2.24) is 15.1 Å². The second-order valence-electron chi connectivity index (χ2n) is 6.55. The Hall–Kier alpha value is -2.83. The van der Waals surface area contributed by atoms with Crippen LogP contribution in [0, 0.1) is 0 Å². The highest BCUT2D eigenvalue weighted by molar-refractivity contribution is 5.76. The number of aromatic nitrogens is 2. The van der Waals surface area contributed by atoms with E-state index in [0.29, 0.717) is 30.2 Å². The lowest BCUT2D eigenvalue weighted by molar-refractivity contribution is -0.133. The maximum atomic E-state index is 11.8. The predicted molar refractivity (Wildman–Crippen MR) is 97.2 cm³/mol. The van der Waals surface area contributed by atoms with Gasteiger partial charge in [-0.15, -0.1) is 10.2 Å². The second-order valence-corrected chi connectivity index (χ2v) is 6.55. The molecule has 7 heteroatoms. The molecule has 0 aliphatic carbocycles. The minimum atomic E-state index is 0.0717. The normalized spacial score (nSPS) is 20.6. The number of amides is 1. The Labute approximate surface area is 147 Å². The minimum absolute atomic E-state index is 0.0717. The van der Waals surface area contributed by atoms with Crippen LogP contribution in [0.25, 0.3) is 11.3 Å². The number of nitrogen functional groups attached to an aromatic ring is 1. The van der Waals surface area contributed by atoms with Gasteiger partial charge in [0.2, 0.25) is 5.91 Å². The van der Waals surface area contributed by atoms with Crippen molar-refractivity contribution in [3.63, 3.8) is 0 Å². The Morgan fingerprint density at radius 2 is 1.84 bits per heavy atom. The Kier molecular flexibility index (Phi) is 4.48. The fourth-order valence-corrected chi connectivity index (χ4v) is 3.61. The molecule has 1 aliphatic heterocycles. The Balaban J connectivity index is 1.94. The van der Waals surface area contributed by atoms with Crippen molar-refractivity contribution in [2.45, 2.75) is 32.9 Å². The van der Waals surface area contributed by atoms with E-state index in [9.17, 15) is 9.90 Å². The van der Waals surface area contributed by atoms with Crippen LogP contribution in [0.2, 0.25) is 0 Å². The fourth-order valence-electron chi connectivity index (χ4n) is 3.61. The average Bonchev–Trinajstić information content (AvgIpc) is 2.55. The van der Waals surface area contributed by atoms with Crippen LogP contribution < -0.4 is 10.6 Å². The second kappa shape index (κ2) is 6.58. The van der Waals surface area contributed by atoms with E-state index < -0.39 is 0 Å². The van der Waals surface area contributed by atoms with E-state index in [0.717, 1.165) is 5.69 Å². The molecule has 1 aromatic carbocycles. The van der Waals surface area contributed by atoms with Gasteiger partial charge in [-0.2, -0.15) is 0 Å². The summed E-state index contributed by atoms with van der Waals surface area (Å²) in [6, 6.07) is 8.99. The molecule has 2 heterocycles. The molecule has 25 heavy (non-hydrogen) atoms. The van der Waals surface area contributed by atoms with Crippen LogP contribution in [0.3, 0.4) is 0 Å². The molecule has 0 radical (unpaired) electrons. The summed E-state index contributed by atoms with van der Waals surface area (Å²) in [4.78, 5) is 15.9. The van der Waals surface area contributed by atoms with Gasteiger partial charge in [0.15, 0.2) is 5.82 Å². The van der Waals surface area contributed by atoms with Gasteiger partial charge in [0.25, 0.3) is 0 Å². The van der Waals surface area contributed by atoms with E-state index in [2.05, 4.69) is 15.1 Å². The average molecular weight is 341 g/mol. The van der Waals surface area contributed by atoms with Crippen molar-refractivity contribution in [1.29, 1.82) is 0 Å². The molecule has 0 bridgehead atoms. The predicted octanol–water partition coefficient (Wildman–Crippen LogP) is 1.88. The monoisotopic (exact) mass is 341 g/mol. The summed E-state index contributed by atoms with van der Waals surface area (Å²) in [5, 5.41) is 18.2. The topological polar surface area (TPSA) is 95.6 Å².